The molecule has 108 valence electrons. The number of carbonyl (C=O) groups is 2. The molecule has 0 aromatic heterocycles. The summed E-state index contributed by atoms with van der Waals surface area (Å²) in [5.74, 6) is -0.744. The van der Waals surface area contributed by atoms with E-state index in [1.165, 1.54) is 7.11 Å². The Kier molecular flexibility index (Phi) is 6.11. The SMILES string of the molecule is COC(=O)CCC(=O)NC(=S)Nc1cc(C)ccc1C. The van der Waals surface area contributed by atoms with Gasteiger partial charge in [-0.3, -0.25) is 9.59 Å². The van der Waals surface area contributed by atoms with Gasteiger partial charge in [-0.15, -0.1) is 0 Å². The number of methoxy groups -OCH3 is 1. The minimum Gasteiger partial charge on any atom is -0.469 e. The first-order valence-corrected chi connectivity index (χ1v) is 6.58. The fourth-order valence-corrected chi connectivity index (χ4v) is 1.75. The second-order valence-electron chi connectivity index (χ2n) is 4.40. The van der Waals surface area contributed by atoms with Gasteiger partial charge in [0.25, 0.3) is 0 Å². The predicted octanol–water partition coefficient (Wildman–Crippen LogP) is 2.07. The summed E-state index contributed by atoms with van der Waals surface area (Å²) in [6, 6.07) is 5.92. The Hall–Kier alpha value is -1.95. The van der Waals surface area contributed by atoms with E-state index in [1.807, 2.05) is 32.0 Å². The summed E-state index contributed by atoms with van der Waals surface area (Å²) < 4.78 is 4.46. The standard InChI is InChI=1S/C14H18N2O3S/c1-9-4-5-10(2)11(8-9)15-14(20)16-12(17)6-7-13(18)19-3/h4-5,8H,6-7H2,1-3H3,(H2,15,16,17,20). The summed E-state index contributed by atoms with van der Waals surface area (Å²) >= 11 is 5.06. The Labute approximate surface area is 123 Å². The van der Waals surface area contributed by atoms with Crippen molar-refractivity contribution >= 4 is 34.9 Å². The van der Waals surface area contributed by atoms with Crippen LogP contribution in [0.1, 0.15) is 24.0 Å². The van der Waals surface area contributed by atoms with Crippen molar-refractivity contribution in [3.05, 3.63) is 29.3 Å². The molecule has 0 spiro atoms. The van der Waals surface area contributed by atoms with E-state index >= 15 is 0 Å². The number of thiocarbonyl (C=S) groups is 1. The molecule has 0 saturated carbocycles. The fraction of sp³-hybridized carbons (Fsp3) is 0.357. The maximum absolute atomic E-state index is 11.6. The third kappa shape index (κ3) is 5.36. The number of hydrogen-bond acceptors (Lipinski definition) is 4. The van der Waals surface area contributed by atoms with Crippen LogP contribution in [-0.4, -0.2) is 24.1 Å². The lowest BCUT2D eigenvalue weighted by Gasteiger charge is -2.12. The number of nitrogens with one attached hydrogen (secondary N) is 2. The molecule has 0 bridgehead atoms. The minimum absolute atomic E-state index is 0.0361. The molecule has 6 heteroatoms. The van der Waals surface area contributed by atoms with Crippen molar-refractivity contribution in [1.82, 2.24) is 5.32 Å². The van der Waals surface area contributed by atoms with Gasteiger partial charge in [0.15, 0.2) is 5.11 Å². The molecule has 1 aromatic rings. The van der Waals surface area contributed by atoms with Gasteiger partial charge >= 0.3 is 5.97 Å². The third-order valence-corrected chi connectivity index (χ3v) is 2.88. The zero-order valence-electron chi connectivity index (χ0n) is 11.8. The highest BCUT2D eigenvalue weighted by Crippen LogP contribution is 2.16. The van der Waals surface area contributed by atoms with Gasteiger partial charge in [-0.2, -0.15) is 0 Å². The smallest absolute Gasteiger partial charge is 0.306 e. The van der Waals surface area contributed by atoms with Crippen LogP contribution in [0.15, 0.2) is 18.2 Å². The zero-order chi connectivity index (χ0) is 15.1. The Bertz CT molecular complexity index is 529. The molecule has 1 amide bonds. The lowest BCUT2D eigenvalue weighted by molar-refractivity contribution is -0.142. The van der Waals surface area contributed by atoms with Crippen LogP contribution >= 0.6 is 12.2 Å². The van der Waals surface area contributed by atoms with Crippen molar-refractivity contribution in [3.8, 4) is 0 Å². The van der Waals surface area contributed by atoms with E-state index in [0.717, 1.165) is 16.8 Å². The maximum Gasteiger partial charge on any atom is 0.306 e. The first kappa shape index (κ1) is 16.1. The van der Waals surface area contributed by atoms with Gasteiger partial charge in [0.1, 0.15) is 0 Å². The van der Waals surface area contributed by atoms with E-state index in [2.05, 4.69) is 15.4 Å². The molecule has 1 aromatic carbocycles. The average Bonchev–Trinajstić information content (AvgIpc) is 2.40. The Morgan fingerprint density at radius 2 is 1.95 bits per heavy atom. The van der Waals surface area contributed by atoms with Crippen molar-refractivity contribution in [2.24, 2.45) is 0 Å². The summed E-state index contributed by atoms with van der Waals surface area (Å²) in [6.07, 6.45) is 0.0791. The molecular weight excluding hydrogens is 276 g/mol. The third-order valence-electron chi connectivity index (χ3n) is 2.68. The first-order chi connectivity index (χ1) is 9.42. The highest BCUT2D eigenvalue weighted by molar-refractivity contribution is 7.80. The van der Waals surface area contributed by atoms with Crippen LogP contribution in [0.3, 0.4) is 0 Å². The van der Waals surface area contributed by atoms with Gasteiger partial charge in [0.2, 0.25) is 5.91 Å². The second kappa shape index (κ2) is 7.59. The fourth-order valence-electron chi connectivity index (χ4n) is 1.53. The topological polar surface area (TPSA) is 67.4 Å². The normalized spacial score (nSPS) is 9.75. The average molecular weight is 294 g/mol. The molecule has 20 heavy (non-hydrogen) atoms. The number of ether oxygens (including phenoxy) is 1. The summed E-state index contributed by atoms with van der Waals surface area (Å²) in [5, 5.41) is 5.71. The molecule has 2 N–H and O–H groups in total. The molecule has 5 nitrogen and oxygen atoms in total. The quantitative estimate of drug-likeness (QED) is 0.657. The van der Waals surface area contributed by atoms with Crippen LogP contribution in [-0.2, 0) is 14.3 Å². The van der Waals surface area contributed by atoms with Gasteiger partial charge in [-0.05, 0) is 43.3 Å². The van der Waals surface area contributed by atoms with Gasteiger partial charge < -0.3 is 15.4 Å². The van der Waals surface area contributed by atoms with E-state index in [0.29, 0.717) is 0 Å². The molecule has 0 fully saturated rings. The van der Waals surface area contributed by atoms with E-state index in [9.17, 15) is 9.59 Å². The number of anilines is 1. The van der Waals surface area contributed by atoms with E-state index in [1.54, 1.807) is 0 Å². The van der Waals surface area contributed by atoms with Gasteiger partial charge in [0, 0.05) is 12.1 Å². The Morgan fingerprint density at radius 1 is 1.25 bits per heavy atom. The van der Waals surface area contributed by atoms with Crippen LogP contribution in [0.5, 0.6) is 0 Å². The van der Waals surface area contributed by atoms with Gasteiger partial charge in [0.05, 0.1) is 13.5 Å². The summed E-state index contributed by atoms with van der Waals surface area (Å²) in [5.41, 5.74) is 2.97. The molecule has 1 rings (SSSR count). The van der Waals surface area contributed by atoms with Crippen LogP contribution < -0.4 is 10.6 Å². The zero-order valence-corrected chi connectivity index (χ0v) is 12.6. The van der Waals surface area contributed by atoms with Gasteiger partial charge in [-0.1, -0.05) is 12.1 Å². The Balaban J connectivity index is 2.49. The van der Waals surface area contributed by atoms with Crippen LogP contribution in [0.4, 0.5) is 5.69 Å². The highest BCUT2D eigenvalue weighted by Gasteiger charge is 2.09. The number of carbonyl (C=O) groups excluding carboxylic acids is 2. The van der Waals surface area contributed by atoms with Gasteiger partial charge in [-0.25, -0.2) is 0 Å². The van der Waals surface area contributed by atoms with Crippen molar-refractivity contribution < 1.29 is 14.3 Å². The summed E-state index contributed by atoms with van der Waals surface area (Å²) in [6.45, 7) is 3.92. The maximum atomic E-state index is 11.6. The number of esters is 1. The lowest BCUT2D eigenvalue weighted by Crippen LogP contribution is -2.34. The molecule has 0 aliphatic heterocycles. The number of rotatable bonds is 4. The minimum atomic E-state index is -0.423. The van der Waals surface area contributed by atoms with Crippen molar-refractivity contribution in [3.63, 3.8) is 0 Å². The van der Waals surface area contributed by atoms with Crippen molar-refractivity contribution in [2.45, 2.75) is 26.7 Å². The first-order valence-electron chi connectivity index (χ1n) is 6.17. The number of amides is 1. The molecule has 0 atom stereocenters. The van der Waals surface area contributed by atoms with Crippen molar-refractivity contribution in [1.29, 1.82) is 0 Å². The second-order valence-corrected chi connectivity index (χ2v) is 4.81. The number of benzene rings is 1. The van der Waals surface area contributed by atoms with E-state index < -0.39 is 5.97 Å². The summed E-state index contributed by atoms with van der Waals surface area (Å²) in [7, 11) is 1.28. The van der Waals surface area contributed by atoms with E-state index in [4.69, 9.17) is 12.2 Å². The molecule has 0 unspecified atom stereocenters. The monoisotopic (exact) mass is 294 g/mol. The Morgan fingerprint density at radius 3 is 2.60 bits per heavy atom. The van der Waals surface area contributed by atoms with Crippen molar-refractivity contribution in [2.75, 3.05) is 12.4 Å². The number of hydrogen-bond donors (Lipinski definition) is 2. The number of aryl methyl sites for hydroxylation is 2. The van der Waals surface area contributed by atoms with Crippen LogP contribution in [0.2, 0.25) is 0 Å². The molecule has 0 aliphatic carbocycles. The molecule has 0 aliphatic rings. The molecular formula is C14H18N2O3S. The predicted molar refractivity (Wildman–Crippen MR) is 81.5 cm³/mol. The largest absolute Gasteiger partial charge is 0.469 e. The highest BCUT2D eigenvalue weighted by atomic mass is 32.1. The lowest BCUT2D eigenvalue weighted by atomic mass is 10.1. The van der Waals surface area contributed by atoms with E-state index in [-0.39, 0.29) is 23.9 Å². The molecule has 0 saturated heterocycles. The molecule has 0 radical (unpaired) electrons. The molecule has 0 heterocycles. The van der Waals surface area contributed by atoms with Crippen LogP contribution in [0, 0.1) is 13.8 Å². The van der Waals surface area contributed by atoms with Crippen LogP contribution in [0.25, 0.3) is 0 Å². The summed E-state index contributed by atoms with van der Waals surface area (Å²) in [4.78, 5) is 22.5.